The molecule has 2 amide bonds. The van der Waals surface area contributed by atoms with Crippen molar-refractivity contribution < 1.29 is 19.1 Å². The van der Waals surface area contributed by atoms with Crippen molar-refractivity contribution in [1.82, 2.24) is 10.7 Å². The third-order valence-corrected chi connectivity index (χ3v) is 6.83. The van der Waals surface area contributed by atoms with E-state index in [1.54, 1.807) is 43.3 Å². The van der Waals surface area contributed by atoms with Crippen LogP contribution < -0.4 is 20.2 Å². The van der Waals surface area contributed by atoms with Gasteiger partial charge in [0.15, 0.2) is 6.10 Å². The Morgan fingerprint density at radius 1 is 0.930 bits per heavy atom. The number of benzene rings is 4. The molecule has 0 bridgehead atoms. The number of carbonyl (C=O) groups excluding carboxylic acids is 2. The number of ether oxygens (including phenoxy) is 2. The molecule has 0 heterocycles. The van der Waals surface area contributed by atoms with Crippen molar-refractivity contribution in [3.63, 3.8) is 0 Å². The summed E-state index contributed by atoms with van der Waals surface area (Å²) in [6, 6.07) is 29.6. The van der Waals surface area contributed by atoms with Crippen LogP contribution >= 0.6 is 23.2 Å². The first kappa shape index (κ1) is 31.1. The van der Waals surface area contributed by atoms with Gasteiger partial charge < -0.3 is 14.8 Å². The third kappa shape index (κ3) is 9.07. The van der Waals surface area contributed by atoms with Gasteiger partial charge in [0.2, 0.25) is 0 Å². The second-order valence-electron chi connectivity index (χ2n) is 9.42. The lowest BCUT2D eigenvalue weighted by molar-refractivity contribution is -0.132. The first-order valence-electron chi connectivity index (χ1n) is 13.3. The van der Waals surface area contributed by atoms with E-state index < -0.39 is 24.0 Å². The largest absolute Gasteiger partial charge is 0.488 e. The van der Waals surface area contributed by atoms with Crippen molar-refractivity contribution in [2.24, 2.45) is 5.10 Å². The molecule has 4 aromatic rings. The number of hydrogen-bond acceptors (Lipinski definition) is 6. The summed E-state index contributed by atoms with van der Waals surface area (Å²) in [6.45, 7) is 1.75. The highest BCUT2D eigenvalue weighted by Gasteiger charge is 2.25. The van der Waals surface area contributed by atoms with Gasteiger partial charge in [0, 0.05) is 22.6 Å². The van der Waals surface area contributed by atoms with Gasteiger partial charge in [-0.25, -0.2) is 5.43 Å². The lowest BCUT2D eigenvalue weighted by atomic mass is 10.1. The molecule has 0 saturated carbocycles. The molecule has 0 aromatic heterocycles. The van der Waals surface area contributed by atoms with Crippen LogP contribution in [0.3, 0.4) is 0 Å². The SMILES string of the molecule is C[C@H](Oc1ccc(Cl)cc1Cl)C(=O)N[C@H](Cc1ccccc1)C(=O)N/N=C\c1ccccc1OCc1ccccc1C#N. The van der Waals surface area contributed by atoms with Gasteiger partial charge in [0.25, 0.3) is 11.8 Å². The predicted molar refractivity (Wildman–Crippen MR) is 166 cm³/mol. The number of halogens is 2. The molecule has 2 N–H and O–H groups in total. The van der Waals surface area contributed by atoms with E-state index in [1.165, 1.54) is 12.3 Å². The fourth-order valence-electron chi connectivity index (χ4n) is 4.04. The average molecular weight is 616 g/mol. The van der Waals surface area contributed by atoms with Crippen LogP contribution in [0, 0.1) is 11.3 Å². The van der Waals surface area contributed by atoms with Gasteiger partial charge in [-0.1, -0.05) is 83.9 Å². The molecule has 4 rings (SSSR count). The molecule has 8 nitrogen and oxygen atoms in total. The summed E-state index contributed by atoms with van der Waals surface area (Å²) in [5.41, 5.74) is 5.26. The predicted octanol–water partition coefficient (Wildman–Crippen LogP) is 6.09. The van der Waals surface area contributed by atoms with Gasteiger partial charge in [-0.05, 0) is 48.9 Å². The molecule has 0 aliphatic carbocycles. The monoisotopic (exact) mass is 614 g/mol. The van der Waals surface area contributed by atoms with Crippen LogP contribution in [0.5, 0.6) is 11.5 Å². The molecule has 0 fully saturated rings. The fourth-order valence-corrected chi connectivity index (χ4v) is 4.49. The number of rotatable bonds is 12. The molecule has 0 aliphatic rings. The van der Waals surface area contributed by atoms with E-state index in [1.807, 2.05) is 54.6 Å². The smallest absolute Gasteiger partial charge is 0.262 e. The minimum atomic E-state index is -0.955. The highest BCUT2D eigenvalue weighted by molar-refractivity contribution is 6.35. The van der Waals surface area contributed by atoms with Crippen LogP contribution in [-0.4, -0.2) is 30.2 Å². The van der Waals surface area contributed by atoms with Crippen molar-refractivity contribution in [2.75, 3.05) is 0 Å². The van der Waals surface area contributed by atoms with E-state index in [-0.39, 0.29) is 18.1 Å². The Hall–Kier alpha value is -4.84. The van der Waals surface area contributed by atoms with Crippen molar-refractivity contribution >= 4 is 41.2 Å². The van der Waals surface area contributed by atoms with Crippen molar-refractivity contribution in [2.45, 2.75) is 32.1 Å². The van der Waals surface area contributed by atoms with E-state index in [4.69, 9.17) is 32.7 Å². The number of amides is 2. The van der Waals surface area contributed by atoms with Crippen molar-refractivity contribution in [3.8, 4) is 17.6 Å². The molecule has 0 aliphatic heterocycles. The van der Waals surface area contributed by atoms with Gasteiger partial charge in [-0.15, -0.1) is 0 Å². The summed E-state index contributed by atoms with van der Waals surface area (Å²) >= 11 is 12.1. The number of para-hydroxylation sites is 1. The number of hydrogen-bond donors (Lipinski definition) is 2. The molecule has 0 spiro atoms. The molecule has 10 heteroatoms. The van der Waals surface area contributed by atoms with Crippen molar-refractivity contribution in [3.05, 3.63) is 129 Å². The number of nitrogens with one attached hydrogen (secondary N) is 2. The lowest BCUT2D eigenvalue weighted by Gasteiger charge is -2.21. The first-order valence-corrected chi connectivity index (χ1v) is 14.1. The zero-order valence-corrected chi connectivity index (χ0v) is 24.7. The third-order valence-electron chi connectivity index (χ3n) is 6.30. The standard InChI is InChI=1S/C33H28Cl2N4O4/c1-22(43-31-16-15-27(34)18-28(31)35)32(40)38-29(17-23-9-3-2-4-10-23)33(41)39-37-20-25-12-7-8-14-30(25)42-21-26-13-6-5-11-24(26)19-36/h2-16,18,20,22,29H,17,21H2,1H3,(H,38,40)(H,39,41)/b37-20-/t22-,29+/m0/s1. The lowest BCUT2D eigenvalue weighted by Crippen LogP contribution is -2.50. The summed E-state index contributed by atoms with van der Waals surface area (Å²) in [5.74, 6) is -0.220. The van der Waals surface area contributed by atoms with E-state index in [9.17, 15) is 14.9 Å². The van der Waals surface area contributed by atoms with Crippen LogP contribution in [0.2, 0.25) is 10.0 Å². The second-order valence-corrected chi connectivity index (χ2v) is 10.3. The first-order chi connectivity index (χ1) is 20.8. The number of carbonyl (C=O) groups is 2. The molecule has 0 radical (unpaired) electrons. The number of nitrogens with zero attached hydrogens (tertiary/aromatic N) is 2. The molecule has 218 valence electrons. The van der Waals surface area contributed by atoms with Crippen molar-refractivity contribution in [1.29, 1.82) is 5.26 Å². The van der Waals surface area contributed by atoms with Crippen LogP contribution in [0.25, 0.3) is 0 Å². The van der Waals surface area contributed by atoms with Crippen LogP contribution in [0.4, 0.5) is 0 Å². The Morgan fingerprint density at radius 2 is 1.65 bits per heavy atom. The Kier molecular flexibility index (Phi) is 11.1. The van der Waals surface area contributed by atoms with Gasteiger partial charge in [-0.3, -0.25) is 9.59 Å². The summed E-state index contributed by atoms with van der Waals surface area (Å²) in [7, 11) is 0. The number of hydrazone groups is 1. The van der Waals surface area contributed by atoms with Gasteiger partial charge in [0.1, 0.15) is 24.1 Å². The van der Waals surface area contributed by atoms with E-state index in [2.05, 4.69) is 21.9 Å². The molecule has 0 unspecified atom stereocenters. The highest BCUT2D eigenvalue weighted by Crippen LogP contribution is 2.28. The Bertz CT molecular complexity index is 1640. The van der Waals surface area contributed by atoms with Gasteiger partial charge in [0.05, 0.1) is 22.9 Å². The molecule has 4 aromatic carbocycles. The van der Waals surface area contributed by atoms with Gasteiger partial charge in [-0.2, -0.15) is 10.4 Å². The van der Waals surface area contributed by atoms with E-state index in [0.717, 1.165) is 11.1 Å². The molecular weight excluding hydrogens is 587 g/mol. The minimum absolute atomic E-state index is 0.188. The summed E-state index contributed by atoms with van der Waals surface area (Å²) < 4.78 is 11.7. The summed E-state index contributed by atoms with van der Waals surface area (Å²) in [5, 5.41) is 16.9. The topological polar surface area (TPSA) is 113 Å². The van der Waals surface area contributed by atoms with Gasteiger partial charge >= 0.3 is 0 Å². The Balaban J connectivity index is 1.43. The summed E-state index contributed by atoms with van der Waals surface area (Å²) in [4.78, 5) is 26.3. The zero-order chi connectivity index (χ0) is 30.6. The van der Waals surface area contributed by atoms with Crippen LogP contribution in [-0.2, 0) is 22.6 Å². The highest BCUT2D eigenvalue weighted by atomic mass is 35.5. The Morgan fingerprint density at radius 3 is 2.42 bits per heavy atom. The average Bonchev–Trinajstić information content (AvgIpc) is 3.02. The minimum Gasteiger partial charge on any atom is -0.488 e. The maximum absolute atomic E-state index is 13.2. The number of nitriles is 1. The quantitative estimate of drug-likeness (QED) is 0.148. The Labute approximate surface area is 259 Å². The normalized spacial score (nSPS) is 12.1. The molecule has 0 saturated heterocycles. The molecular formula is C33H28Cl2N4O4. The summed E-state index contributed by atoms with van der Waals surface area (Å²) in [6.07, 6.45) is 0.725. The van der Waals surface area contributed by atoms with Crippen LogP contribution in [0.15, 0.2) is 102 Å². The second kappa shape index (κ2) is 15.4. The zero-order valence-electron chi connectivity index (χ0n) is 23.2. The fraction of sp³-hybridized carbons (Fsp3) is 0.152. The van der Waals surface area contributed by atoms with E-state index in [0.29, 0.717) is 27.6 Å². The van der Waals surface area contributed by atoms with Crippen LogP contribution in [0.1, 0.15) is 29.2 Å². The van der Waals surface area contributed by atoms with E-state index >= 15 is 0 Å². The maximum atomic E-state index is 13.2. The molecule has 2 atom stereocenters. The maximum Gasteiger partial charge on any atom is 0.262 e. The molecule has 43 heavy (non-hydrogen) atoms.